The monoisotopic (exact) mass is 224 g/mol. The van der Waals surface area contributed by atoms with E-state index < -0.39 is 5.60 Å². The highest BCUT2D eigenvalue weighted by Crippen LogP contribution is 2.38. The number of hydrogen-bond acceptors (Lipinski definition) is 3. The van der Waals surface area contributed by atoms with Crippen LogP contribution >= 0.6 is 0 Å². The summed E-state index contributed by atoms with van der Waals surface area (Å²) in [5.74, 6) is 0.803. The molecule has 4 unspecified atom stereocenters. The summed E-state index contributed by atoms with van der Waals surface area (Å²) in [5, 5.41) is 2.88. The lowest BCUT2D eigenvalue weighted by Crippen LogP contribution is -2.51. The van der Waals surface area contributed by atoms with Gasteiger partial charge in [-0.15, -0.1) is 0 Å². The Morgan fingerprint density at radius 1 is 1.38 bits per heavy atom. The van der Waals surface area contributed by atoms with Crippen LogP contribution in [0, 0.1) is 11.8 Å². The number of fused-ring (bicyclic) bond motifs is 2. The molecular weight excluding hydrogens is 204 g/mol. The van der Waals surface area contributed by atoms with Gasteiger partial charge in [-0.25, -0.2) is 4.79 Å². The topological polar surface area (TPSA) is 64.3 Å². The van der Waals surface area contributed by atoms with Crippen LogP contribution in [-0.2, 0) is 4.74 Å². The van der Waals surface area contributed by atoms with Gasteiger partial charge in [-0.3, -0.25) is 0 Å². The number of rotatable bonds is 1. The second kappa shape index (κ2) is 3.77. The number of nitrogens with one attached hydrogen (secondary N) is 1. The molecule has 1 saturated carbocycles. The highest BCUT2D eigenvalue weighted by atomic mass is 16.6. The molecule has 2 rings (SSSR count). The normalized spacial score (nSPS) is 36.5. The second-order valence-electron chi connectivity index (χ2n) is 5.70. The quantitative estimate of drug-likeness (QED) is 0.662. The number of alkyl carbamates (subject to hydrolysis) is 1. The zero-order chi connectivity index (χ0) is 11.9. The number of nitrogens with two attached hydrogens (primary N) is 1. The zero-order valence-electron chi connectivity index (χ0n) is 10.1. The van der Waals surface area contributed by atoms with Crippen LogP contribution in [0.1, 0.15) is 27.2 Å². The molecule has 4 heteroatoms. The van der Waals surface area contributed by atoms with E-state index in [1.54, 1.807) is 0 Å². The molecule has 0 spiro atoms. The highest BCUT2D eigenvalue weighted by molar-refractivity contribution is 5.68. The van der Waals surface area contributed by atoms with Crippen LogP contribution < -0.4 is 11.1 Å². The number of carbonyl (C=O) groups excluding carboxylic acids is 1. The molecule has 4 atom stereocenters. The summed E-state index contributed by atoms with van der Waals surface area (Å²) in [4.78, 5) is 11.6. The van der Waals surface area contributed by atoms with E-state index in [0.717, 1.165) is 6.42 Å². The van der Waals surface area contributed by atoms with Crippen LogP contribution in [0.25, 0.3) is 0 Å². The van der Waals surface area contributed by atoms with Crippen molar-refractivity contribution < 1.29 is 9.53 Å². The molecule has 2 aliphatic rings. The Morgan fingerprint density at radius 2 is 2.00 bits per heavy atom. The van der Waals surface area contributed by atoms with Crippen LogP contribution in [0.3, 0.4) is 0 Å². The first-order valence-electron chi connectivity index (χ1n) is 5.80. The summed E-state index contributed by atoms with van der Waals surface area (Å²) in [6, 6.07) is 0.0624. The Hall–Kier alpha value is -1.03. The maximum absolute atomic E-state index is 11.6. The van der Waals surface area contributed by atoms with Crippen molar-refractivity contribution in [2.45, 2.75) is 44.9 Å². The molecule has 1 amide bonds. The molecular formula is C12H20N2O2. The Morgan fingerprint density at radius 3 is 2.50 bits per heavy atom. The van der Waals surface area contributed by atoms with E-state index in [-0.39, 0.29) is 18.2 Å². The van der Waals surface area contributed by atoms with Crippen LogP contribution in [0.15, 0.2) is 12.2 Å². The largest absolute Gasteiger partial charge is 0.444 e. The average Bonchev–Trinajstić information content (AvgIpc) is 2.66. The van der Waals surface area contributed by atoms with Crippen molar-refractivity contribution in [3.63, 3.8) is 0 Å². The van der Waals surface area contributed by atoms with Gasteiger partial charge in [0, 0.05) is 6.04 Å². The number of amides is 1. The molecule has 16 heavy (non-hydrogen) atoms. The fourth-order valence-corrected chi connectivity index (χ4v) is 2.51. The van der Waals surface area contributed by atoms with Crippen molar-refractivity contribution in [3.8, 4) is 0 Å². The zero-order valence-corrected chi connectivity index (χ0v) is 10.1. The van der Waals surface area contributed by atoms with Crippen molar-refractivity contribution in [2.24, 2.45) is 17.6 Å². The molecule has 1 fully saturated rings. The summed E-state index contributed by atoms with van der Waals surface area (Å²) < 4.78 is 5.23. The lowest BCUT2D eigenvalue weighted by molar-refractivity contribution is 0.0491. The van der Waals surface area contributed by atoms with E-state index in [0.29, 0.717) is 11.8 Å². The Kier molecular flexibility index (Phi) is 2.70. The van der Waals surface area contributed by atoms with Crippen molar-refractivity contribution in [2.75, 3.05) is 0 Å². The molecule has 4 nitrogen and oxygen atoms in total. The third-order valence-corrected chi connectivity index (χ3v) is 3.20. The fraction of sp³-hybridized carbons (Fsp3) is 0.750. The summed E-state index contributed by atoms with van der Waals surface area (Å²) in [6.45, 7) is 5.56. The van der Waals surface area contributed by atoms with Gasteiger partial charge >= 0.3 is 6.09 Å². The minimum atomic E-state index is -0.457. The Labute approximate surface area is 96.2 Å². The minimum absolute atomic E-state index is 0.0301. The standard InChI is InChI=1S/C12H20N2O2/c1-12(2,3)16-11(15)14-10-8-5-4-7(6-8)9(10)13/h4-5,7-10H,6,13H2,1-3H3,(H,14,15). The third kappa shape index (κ3) is 2.21. The van der Waals surface area contributed by atoms with Gasteiger partial charge in [-0.05, 0) is 39.0 Å². The van der Waals surface area contributed by atoms with Crippen molar-refractivity contribution >= 4 is 6.09 Å². The lowest BCUT2D eigenvalue weighted by Gasteiger charge is -2.27. The predicted molar refractivity (Wildman–Crippen MR) is 61.9 cm³/mol. The second-order valence-corrected chi connectivity index (χ2v) is 5.70. The van der Waals surface area contributed by atoms with E-state index in [2.05, 4.69) is 17.5 Å². The Bertz CT molecular complexity index is 319. The van der Waals surface area contributed by atoms with Gasteiger partial charge in [0.05, 0.1) is 6.04 Å². The van der Waals surface area contributed by atoms with Gasteiger partial charge < -0.3 is 15.8 Å². The molecule has 3 N–H and O–H groups in total. The van der Waals surface area contributed by atoms with Crippen molar-refractivity contribution in [3.05, 3.63) is 12.2 Å². The number of carbonyl (C=O) groups is 1. The summed E-state index contributed by atoms with van der Waals surface area (Å²) >= 11 is 0. The van der Waals surface area contributed by atoms with Gasteiger partial charge in [0.1, 0.15) is 5.60 Å². The van der Waals surface area contributed by atoms with Gasteiger partial charge in [0.2, 0.25) is 0 Å². The minimum Gasteiger partial charge on any atom is -0.444 e. The highest BCUT2D eigenvalue weighted by Gasteiger charge is 2.43. The van der Waals surface area contributed by atoms with E-state index >= 15 is 0 Å². The molecule has 0 aliphatic heterocycles. The van der Waals surface area contributed by atoms with E-state index in [1.165, 1.54) is 0 Å². The summed E-state index contributed by atoms with van der Waals surface area (Å²) in [5.41, 5.74) is 5.60. The van der Waals surface area contributed by atoms with E-state index in [4.69, 9.17) is 10.5 Å². The van der Waals surface area contributed by atoms with Crippen LogP contribution in [0.2, 0.25) is 0 Å². The first-order chi connectivity index (χ1) is 7.37. The van der Waals surface area contributed by atoms with Crippen molar-refractivity contribution in [1.82, 2.24) is 5.32 Å². The van der Waals surface area contributed by atoms with Gasteiger partial charge in [-0.2, -0.15) is 0 Å². The van der Waals surface area contributed by atoms with Gasteiger partial charge in [0.15, 0.2) is 0 Å². The molecule has 0 heterocycles. The molecule has 0 aromatic carbocycles. The Balaban J connectivity index is 1.91. The van der Waals surface area contributed by atoms with Gasteiger partial charge in [0.25, 0.3) is 0 Å². The molecule has 2 bridgehead atoms. The van der Waals surface area contributed by atoms with Crippen LogP contribution in [0.5, 0.6) is 0 Å². The first-order valence-corrected chi connectivity index (χ1v) is 5.80. The smallest absolute Gasteiger partial charge is 0.407 e. The maximum atomic E-state index is 11.6. The van der Waals surface area contributed by atoms with E-state index in [1.807, 2.05) is 20.8 Å². The van der Waals surface area contributed by atoms with Gasteiger partial charge in [-0.1, -0.05) is 12.2 Å². The predicted octanol–water partition coefficient (Wildman–Crippen LogP) is 1.41. The summed E-state index contributed by atoms with van der Waals surface area (Å²) in [7, 11) is 0. The third-order valence-electron chi connectivity index (χ3n) is 3.20. The maximum Gasteiger partial charge on any atom is 0.407 e. The molecule has 90 valence electrons. The molecule has 0 aromatic heterocycles. The number of ether oxygens (including phenoxy) is 1. The first kappa shape index (κ1) is 11.5. The fourth-order valence-electron chi connectivity index (χ4n) is 2.51. The number of hydrogen-bond donors (Lipinski definition) is 2. The lowest BCUT2D eigenvalue weighted by atomic mass is 9.97. The average molecular weight is 224 g/mol. The molecule has 0 radical (unpaired) electrons. The van der Waals surface area contributed by atoms with Crippen LogP contribution in [-0.4, -0.2) is 23.8 Å². The molecule has 0 saturated heterocycles. The van der Waals surface area contributed by atoms with Crippen molar-refractivity contribution in [1.29, 1.82) is 0 Å². The van der Waals surface area contributed by atoms with Crippen LogP contribution in [0.4, 0.5) is 4.79 Å². The molecule has 0 aromatic rings. The van der Waals surface area contributed by atoms with E-state index in [9.17, 15) is 4.79 Å². The SMILES string of the molecule is CC(C)(C)OC(=O)NC1C2C=CC(C2)C1N. The molecule has 2 aliphatic carbocycles. The summed E-state index contributed by atoms with van der Waals surface area (Å²) in [6.07, 6.45) is 4.99.